The van der Waals surface area contributed by atoms with E-state index < -0.39 is 10.0 Å². The molecule has 7 nitrogen and oxygen atoms in total. The number of nitrogens with zero attached hydrogens (tertiary/aromatic N) is 3. The van der Waals surface area contributed by atoms with Crippen LogP contribution >= 0.6 is 11.6 Å². The summed E-state index contributed by atoms with van der Waals surface area (Å²) in [5.74, 6) is 0.551. The van der Waals surface area contributed by atoms with Crippen molar-refractivity contribution in [3.63, 3.8) is 0 Å². The molecule has 9 heteroatoms. The first-order chi connectivity index (χ1) is 9.92. The standard InChI is InChI=1S/C12H15ClN4O3S/c1-17-8-14-12(16-17)4-5-15-21(19,20)11-6-9(7-18)2-3-10(11)13/h2-3,6,8,15,18H,4-5,7H2,1H3. The molecule has 2 N–H and O–H groups in total. The number of rotatable bonds is 6. The van der Waals surface area contributed by atoms with Crippen molar-refractivity contribution in [3.05, 3.63) is 40.9 Å². The van der Waals surface area contributed by atoms with Crippen molar-refractivity contribution in [1.82, 2.24) is 19.5 Å². The molecule has 1 aromatic heterocycles. The van der Waals surface area contributed by atoms with Gasteiger partial charge in [0.25, 0.3) is 0 Å². The van der Waals surface area contributed by atoms with Gasteiger partial charge in [0.15, 0.2) is 5.82 Å². The monoisotopic (exact) mass is 330 g/mol. The van der Waals surface area contributed by atoms with E-state index in [2.05, 4.69) is 14.8 Å². The lowest BCUT2D eigenvalue weighted by Crippen LogP contribution is -2.26. The smallest absolute Gasteiger partial charge is 0.242 e. The minimum atomic E-state index is -3.74. The number of aliphatic hydroxyl groups is 1. The van der Waals surface area contributed by atoms with Crippen molar-refractivity contribution < 1.29 is 13.5 Å². The Morgan fingerprint density at radius 1 is 1.43 bits per heavy atom. The van der Waals surface area contributed by atoms with Gasteiger partial charge in [0, 0.05) is 20.0 Å². The van der Waals surface area contributed by atoms with Crippen molar-refractivity contribution in [3.8, 4) is 0 Å². The van der Waals surface area contributed by atoms with Crippen LogP contribution in [0.25, 0.3) is 0 Å². The maximum atomic E-state index is 12.2. The van der Waals surface area contributed by atoms with Gasteiger partial charge in [0.1, 0.15) is 11.2 Å². The van der Waals surface area contributed by atoms with E-state index in [0.717, 1.165) is 0 Å². The third kappa shape index (κ3) is 4.01. The summed E-state index contributed by atoms with van der Waals surface area (Å²) < 4.78 is 28.4. The summed E-state index contributed by atoms with van der Waals surface area (Å²) in [6, 6.07) is 4.37. The van der Waals surface area contributed by atoms with Gasteiger partial charge in [-0.3, -0.25) is 4.68 Å². The Hall–Kier alpha value is -1.48. The summed E-state index contributed by atoms with van der Waals surface area (Å²) in [4.78, 5) is 3.96. The van der Waals surface area contributed by atoms with Gasteiger partial charge in [-0.25, -0.2) is 18.1 Å². The maximum Gasteiger partial charge on any atom is 0.242 e. The van der Waals surface area contributed by atoms with Gasteiger partial charge in [0.05, 0.1) is 11.6 Å². The normalized spacial score (nSPS) is 11.8. The number of sulfonamides is 1. The first-order valence-corrected chi connectivity index (χ1v) is 8.02. The lowest BCUT2D eigenvalue weighted by molar-refractivity contribution is 0.281. The Labute approximate surface area is 127 Å². The minimum absolute atomic E-state index is 0.0512. The van der Waals surface area contributed by atoms with Crippen LogP contribution in [0.2, 0.25) is 5.02 Å². The molecule has 1 aromatic carbocycles. The molecule has 1 heterocycles. The van der Waals surface area contributed by atoms with Crippen LogP contribution in [0.4, 0.5) is 0 Å². The molecule has 0 saturated heterocycles. The fourth-order valence-corrected chi connectivity index (χ4v) is 3.31. The number of aliphatic hydroxyl groups excluding tert-OH is 1. The van der Waals surface area contributed by atoms with Crippen LogP contribution in [0.1, 0.15) is 11.4 Å². The Balaban J connectivity index is 2.07. The molecule has 2 aromatic rings. The first-order valence-electron chi connectivity index (χ1n) is 6.16. The summed E-state index contributed by atoms with van der Waals surface area (Å²) >= 11 is 5.91. The van der Waals surface area contributed by atoms with Gasteiger partial charge in [-0.05, 0) is 17.7 Å². The summed E-state index contributed by atoms with van der Waals surface area (Å²) in [6.07, 6.45) is 1.92. The molecule has 0 radical (unpaired) electrons. The fourth-order valence-electron chi connectivity index (χ4n) is 1.73. The molecule has 0 atom stereocenters. The van der Waals surface area contributed by atoms with Crippen molar-refractivity contribution in [2.45, 2.75) is 17.9 Å². The first kappa shape index (κ1) is 15.9. The molecule has 0 amide bonds. The zero-order valence-corrected chi connectivity index (χ0v) is 12.9. The predicted molar refractivity (Wildman–Crippen MR) is 77.3 cm³/mol. The van der Waals surface area contributed by atoms with Crippen LogP contribution in [-0.2, 0) is 30.1 Å². The zero-order chi connectivity index (χ0) is 15.5. The molecule has 0 aliphatic heterocycles. The van der Waals surface area contributed by atoms with E-state index in [-0.39, 0.29) is 23.1 Å². The zero-order valence-electron chi connectivity index (χ0n) is 11.3. The van der Waals surface area contributed by atoms with Crippen molar-refractivity contribution in [2.24, 2.45) is 7.05 Å². The van der Waals surface area contributed by atoms with Crippen LogP contribution in [0, 0.1) is 0 Å². The van der Waals surface area contributed by atoms with Crippen LogP contribution < -0.4 is 4.72 Å². The van der Waals surface area contributed by atoms with E-state index in [9.17, 15) is 8.42 Å². The molecule has 21 heavy (non-hydrogen) atoms. The molecule has 2 rings (SSSR count). The molecule has 0 unspecified atom stereocenters. The summed E-state index contributed by atoms with van der Waals surface area (Å²) in [5, 5.41) is 13.2. The third-order valence-corrected chi connectivity index (χ3v) is 4.70. The summed E-state index contributed by atoms with van der Waals surface area (Å²) in [7, 11) is -2.01. The van der Waals surface area contributed by atoms with E-state index in [1.54, 1.807) is 24.1 Å². The Morgan fingerprint density at radius 2 is 2.19 bits per heavy atom. The Bertz CT molecular complexity index is 730. The minimum Gasteiger partial charge on any atom is -0.392 e. The second-order valence-electron chi connectivity index (χ2n) is 4.41. The molecule has 0 fully saturated rings. The lowest BCUT2D eigenvalue weighted by Gasteiger charge is -2.09. The molecule has 0 bridgehead atoms. The van der Waals surface area contributed by atoms with Crippen LogP contribution in [0.15, 0.2) is 29.4 Å². The van der Waals surface area contributed by atoms with Crippen LogP contribution in [0.5, 0.6) is 0 Å². The second kappa shape index (κ2) is 6.52. The summed E-state index contributed by atoms with van der Waals surface area (Å²) in [6.45, 7) is -0.0937. The molecular weight excluding hydrogens is 316 g/mol. The maximum absolute atomic E-state index is 12.2. The number of benzene rings is 1. The molecule has 0 aliphatic rings. The van der Waals surface area contributed by atoms with E-state index in [1.165, 1.54) is 12.1 Å². The predicted octanol–water partition coefficient (Wildman–Crippen LogP) is 0.482. The van der Waals surface area contributed by atoms with E-state index in [1.807, 2.05) is 0 Å². The molecule has 0 saturated carbocycles. The number of nitrogens with one attached hydrogen (secondary N) is 1. The van der Waals surface area contributed by atoms with Gasteiger partial charge in [-0.1, -0.05) is 17.7 Å². The third-order valence-electron chi connectivity index (χ3n) is 2.76. The number of hydrogen-bond donors (Lipinski definition) is 2. The summed E-state index contributed by atoms with van der Waals surface area (Å²) in [5.41, 5.74) is 0.478. The molecule has 0 spiro atoms. The Morgan fingerprint density at radius 3 is 2.81 bits per heavy atom. The molecule has 114 valence electrons. The van der Waals surface area contributed by atoms with E-state index in [0.29, 0.717) is 17.8 Å². The highest BCUT2D eigenvalue weighted by molar-refractivity contribution is 7.89. The van der Waals surface area contributed by atoms with Gasteiger partial charge < -0.3 is 5.11 Å². The molecular formula is C12H15ClN4O3S. The number of aromatic nitrogens is 3. The van der Waals surface area contributed by atoms with Gasteiger partial charge >= 0.3 is 0 Å². The van der Waals surface area contributed by atoms with E-state index in [4.69, 9.17) is 16.7 Å². The fraction of sp³-hybridized carbons (Fsp3) is 0.333. The van der Waals surface area contributed by atoms with Crippen molar-refractivity contribution in [1.29, 1.82) is 0 Å². The van der Waals surface area contributed by atoms with Crippen molar-refractivity contribution in [2.75, 3.05) is 6.54 Å². The Kier molecular flexibility index (Phi) is 4.94. The highest BCUT2D eigenvalue weighted by atomic mass is 35.5. The number of aryl methyl sites for hydroxylation is 1. The quantitative estimate of drug-likeness (QED) is 0.803. The average Bonchev–Trinajstić information content (AvgIpc) is 2.84. The SMILES string of the molecule is Cn1cnc(CCNS(=O)(=O)c2cc(CO)ccc2Cl)n1. The second-order valence-corrected chi connectivity index (χ2v) is 6.55. The highest BCUT2D eigenvalue weighted by Crippen LogP contribution is 2.22. The van der Waals surface area contributed by atoms with Gasteiger partial charge in [-0.2, -0.15) is 5.10 Å². The highest BCUT2D eigenvalue weighted by Gasteiger charge is 2.18. The number of halogens is 1. The molecule has 0 aliphatic carbocycles. The topological polar surface area (TPSA) is 97.1 Å². The largest absolute Gasteiger partial charge is 0.392 e. The van der Waals surface area contributed by atoms with E-state index >= 15 is 0 Å². The number of hydrogen-bond acceptors (Lipinski definition) is 5. The van der Waals surface area contributed by atoms with Gasteiger partial charge in [-0.15, -0.1) is 0 Å². The van der Waals surface area contributed by atoms with Crippen LogP contribution in [0.3, 0.4) is 0 Å². The van der Waals surface area contributed by atoms with Crippen LogP contribution in [-0.4, -0.2) is 34.8 Å². The lowest BCUT2D eigenvalue weighted by atomic mass is 10.2. The van der Waals surface area contributed by atoms with Gasteiger partial charge in [0.2, 0.25) is 10.0 Å². The van der Waals surface area contributed by atoms with Crippen molar-refractivity contribution >= 4 is 21.6 Å². The average molecular weight is 331 g/mol.